The van der Waals surface area contributed by atoms with Crippen LogP contribution in [-0.2, 0) is 19.4 Å². The Kier molecular flexibility index (Phi) is 6.25. The van der Waals surface area contributed by atoms with Crippen LogP contribution in [0.25, 0.3) is 0 Å². The summed E-state index contributed by atoms with van der Waals surface area (Å²) >= 11 is 5.84. The molecule has 1 saturated heterocycles. The number of hydrogen-bond acceptors (Lipinski definition) is 4. The fourth-order valence-corrected chi connectivity index (χ4v) is 6.07. The number of rotatable bonds is 4. The van der Waals surface area contributed by atoms with Crippen molar-refractivity contribution in [1.82, 2.24) is 4.90 Å². The fourth-order valence-electron chi connectivity index (χ4n) is 3.82. The molecular formula is C17H21Cl2NO5S. The SMILES string of the molecule is Cl.O=C(O)C1CCN(C(=O)C2(S(=O)(=O)c3ccc(Cl)cc3)CCCC2)C1. The summed E-state index contributed by atoms with van der Waals surface area (Å²) in [6.07, 6.45) is 2.22. The second-order valence-electron chi connectivity index (χ2n) is 6.73. The van der Waals surface area contributed by atoms with Gasteiger partial charge in [-0.05, 0) is 43.5 Å². The van der Waals surface area contributed by atoms with Crippen molar-refractivity contribution in [2.24, 2.45) is 5.92 Å². The summed E-state index contributed by atoms with van der Waals surface area (Å²) in [5, 5.41) is 9.56. The molecule has 2 fully saturated rings. The quantitative estimate of drug-likeness (QED) is 0.806. The zero-order valence-corrected chi connectivity index (χ0v) is 16.4. The van der Waals surface area contributed by atoms with Crippen molar-refractivity contribution in [1.29, 1.82) is 0 Å². The number of carbonyl (C=O) groups excluding carboxylic acids is 1. The summed E-state index contributed by atoms with van der Waals surface area (Å²) in [5.74, 6) is -2.03. The van der Waals surface area contributed by atoms with Crippen LogP contribution in [0.1, 0.15) is 32.1 Å². The Morgan fingerprint density at radius 1 is 1.15 bits per heavy atom. The topological polar surface area (TPSA) is 91.8 Å². The van der Waals surface area contributed by atoms with Crippen LogP contribution in [0.3, 0.4) is 0 Å². The summed E-state index contributed by atoms with van der Waals surface area (Å²) in [6, 6.07) is 5.85. The first-order valence-electron chi connectivity index (χ1n) is 8.30. The van der Waals surface area contributed by atoms with Crippen LogP contribution in [0.4, 0.5) is 0 Å². The van der Waals surface area contributed by atoms with E-state index in [0.717, 1.165) is 0 Å². The van der Waals surface area contributed by atoms with E-state index in [9.17, 15) is 18.0 Å². The van der Waals surface area contributed by atoms with E-state index in [1.54, 1.807) is 0 Å². The Hall–Kier alpha value is -1.31. The highest BCUT2D eigenvalue weighted by Gasteiger charge is 2.55. The maximum atomic E-state index is 13.3. The van der Waals surface area contributed by atoms with Gasteiger partial charge in [-0.1, -0.05) is 24.4 Å². The van der Waals surface area contributed by atoms with Crippen LogP contribution >= 0.6 is 24.0 Å². The average Bonchev–Trinajstić information content (AvgIpc) is 3.25. The van der Waals surface area contributed by atoms with Crippen LogP contribution in [0.5, 0.6) is 0 Å². The lowest BCUT2D eigenvalue weighted by molar-refractivity contribution is -0.141. The molecule has 1 atom stereocenters. The van der Waals surface area contributed by atoms with Crippen LogP contribution in [0.15, 0.2) is 29.2 Å². The molecule has 1 saturated carbocycles. The molecule has 1 aliphatic heterocycles. The van der Waals surface area contributed by atoms with Crippen molar-refractivity contribution in [3.8, 4) is 0 Å². The maximum absolute atomic E-state index is 13.3. The third kappa shape index (κ3) is 3.44. The van der Waals surface area contributed by atoms with E-state index in [1.165, 1.54) is 29.2 Å². The van der Waals surface area contributed by atoms with E-state index in [1.807, 2.05) is 0 Å². The largest absolute Gasteiger partial charge is 0.481 e. The van der Waals surface area contributed by atoms with Gasteiger partial charge in [0.25, 0.3) is 0 Å². The molecule has 6 nitrogen and oxygen atoms in total. The highest BCUT2D eigenvalue weighted by atomic mass is 35.5. The summed E-state index contributed by atoms with van der Waals surface area (Å²) in [4.78, 5) is 25.8. The van der Waals surface area contributed by atoms with Crippen molar-refractivity contribution >= 4 is 45.7 Å². The van der Waals surface area contributed by atoms with Gasteiger partial charge in [-0.15, -0.1) is 12.4 Å². The molecule has 3 rings (SSSR count). The van der Waals surface area contributed by atoms with Crippen molar-refractivity contribution in [3.63, 3.8) is 0 Å². The average molecular weight is 422 g/mol. The number of amides is 1. The molecule has 1 unspecified atom stereocenters. The van der Waals surface area contributed by atoms with Crippen LogP contribution in [0, 0.1) is 5.92 Å². The summed E-state index contributed by atoms with van der Waals surface area (Å²) in [7, 11) is -3.89. The van der Waals surface area contributed by atoms with Gasteiger partial charge in [-0.25, -0.2) is 8.42 Å². The monoisotopic (exact) mass is 421 g/mol. The van der Waals surface area contributed by atoms with Crippen LogP contribution < -0.4 is 0 Å². The molecule has 26 heavy (non-hydrogen) atoms. The molecule has 1 aromatic rings. The van der Waals surface area contributed by atoms with Gasteiger partial charge in [0.2, 0.25) is 5.91 Å². The number of halogens is 2. The standard InChI is InChI=1S/C17H20ClNO5S.ClH/c18-13-3-5-14(6-4-13)25(23,24)17(8-1-2-9-17)16(22)19-10-7-12(11-19)15(20)21;/h3-6,12H,1-2,7-11H2,(H,20,21);1H. The highest BCUT2D eigenvalue weighted by Crippen LogP contribution is 2.42. The lowest BCUT2D eigenvalue weighted by Crippen LogP contribution is -2.51. The fraction of sp³-hybridized carbons (Fsp3) is 0.529. The van der Waals surface area contributed by atoms with Gasteiger partial charge in [0.05, 0.1) is 10.8 Å². The second-order valence-corrected chi connectivity index (χ2v) is 9.43. The molecule has 1 N–H and O–H groups in total. The molecule has 0 radical (unpaired) electrons. The van der Waals surface area contributed by atoms with Crippen molar-refractivity contribution in [2.45, 2.75) is 41.7 Å². The molecule has 1 amide bonds. The number of carbonyl (C=O) groups is 2. The van der Waals surface area contributed by atoms with Crippen molar-refractivity contribution < 1.29 is 23.1 Å². The van der Waals surface area contributed by atoms with Gasteiger partial charge in [0.1, 0.15) is 0 Å². The molecule has 144 valence electrons. The minimum absolute atomic E-state index is 0. The van der Waals surface area contributed by atoms with E-state index in [0.29, 0.717) is 24.3 Å². The van der Waals surface area contributed by atoms with Crippen LogP contribution in [0.2, 0.25) is 5.02 Å². The molecule has 9 heteroatoms. The summed E-state index contributed by atoms with van der Waals surface area (Å²) < 4.78 is 25.1. The van der Waals surface area contributed by atoms with E-state index < -0.39 is 32.4 Å². The van der Waals surface area contributed by atoms with Crippen molar-refractivity contribution in [2.75, 3.05) is 13.1 Å². The molecule has 0 aromatic heterocycles. The molecule has 0 bridgehead atoms. The Labute approximate surface area is 163 Å². The number of sulfone groups is 1. The number of benzene rings is 1. The molecule has 0 spiro atoms. The third-order valence-corrected chi connectivity index (χ3v) is 8.02. The highest BCUT2D eigenvalue weighted by molar-refractivity contribution is 7.93. The molecular weight excluding hydrogens is 401 g/mol. The summed E-state index contributed by atoms with van der Waals surface area (Å²) in [5.41, 5.74) is 0. The van der Waals surface area contributed by atoms with E-state index in [2.05, 4.69) is 0 Å². The number of likely N-dealkylation sites (tertiary alicyclic amines) is 1. The Bertz CT molecular complexity index is 788. The maximum Gasteiger partial charge on any atom is 0.308 e. The Morgan fingerprint density at radius 3 is 2.23 bits per heavy atom. The van der Waals surface area contributed by atoms with E-state index >= 15 is 0 Å². The zero-order chi connectivity index (χ0) is 18.2. The molecule has 1 aliphatic carbocycles. The third-order valence-electron chi connectivity index (χ3n) is 5.26. The lowest BCUT2D eigenvalue weighted by Gasteiger charge is -2.32. The van der Waals surface area contributed by atoms with Gasteiger partial charge < -0.3 is 10.0 Å². The van der Waals surface area contributed by atoms with E-state index in [4.69, 9.17) is 16.7 Å². The van der Waals surface area contributed by atoms with Gasteiger partial charge in [-0.3, -0.25) is 9.59 Å². The molecule has 1 aromatic carbocycles. The smallest absolute Gasteiger partial charge is 0.308 e. The second kappa shape index (κ2) is 7.74. The van der Waals surface area contributed by atoms with Gasteiger partial charge in [0.15, 0.2) is 14.6 Å². The molecule has 2 aliphatic rings. The Morgan fingerprint density at radius 2 is 1.73 bits per heavy atom. The number of nitrogens with zero attached hydrogens (tertiary/aromatic N) is 1. The van der Waals surface area contributed by atoms with E-state index in [-0.39, 0.29) is 43.2 Å². The first-order valence-corrected chi connectivity index (χ1v) is 10.2. The van der Waals surface area contributed by atoms with Gasteiger partial charge in [0, 0.05) is 18.1 Å². The lowest BCUT2D eigenvalue weighted by atomic mass is 10.1. The minimum atomic E-state index is -3.89. The van der Waals surface area contributed by atoms with Gasteiger partial charge in [-0.2, -0.15) is 0 Å². The minimum Gasteiger partial charge on any atom is -0.481 e. The number of aliphatic carboxylic acids is 1. The molecule has 1 heterocycles. The van der Waals surface area contributed by atoms with Crippen LogP contribution in [-0.4, -0.2) is 48.1 Å². The normalized spacial score (nSPS) is 22.0. The first-order chi connectivity index (χ1) is 11.8. The predicted octanol–water partition coefficient (Wildman–Crippen LogP) is 2.78. The number of carboxylic acid groups (broad SMARTS) is 1. The summed E-state index contributed by atoms with van der Waals surface area (Å²) in [6.45, 7) is 0.361. The zero-order valence-electron chi connectivity index (χ0n) is 14.1. The van der Waals surface area contributed by atoms with Crippen molar-refractivity contribution in [3.05, 3.63) is 29.3 Å². The first kappa shape index (κ1) is 21.0. The van der Waals surface area contributed by atoms with Gasteiger partial charge >= 0.3 is 5.97 Å². The Balaban J connectivity index is 0.00000243. The number of carboxylic acids is 1. The predicted molar refractivity (Wildman–Crippen MR) is 99.4 cm³/mol. The number of hydrogen-bond donors (Lipinski definition) is 1.